The third-order valence-electron chi connectivity index (χ3n) is 2.84. The molecule has 0 aromatic heterocycles. The Morgan fingerprint density at radius 2 is 2.12 bits per heavy atom. The van der Waals surface area contributed by atoms with E-state index in [9.17, 15) is 0 Å². The molecule has 0 aliphatic heterocycles. The summed E-state index contributed by atoms with van der Waals surface area (Å²) in [6, 6.07) is 0.586. The summed E-state index contributed by atoms with van der Waals surface area (Å²) >= 11 is 0. The van der Waals surface area contributed by atoms with Crippen molar-refractivity contribution in [2.24, 2.45) is 17.6 Å². The van der Waals surface area contributed by atoms with Gasteiger partial charge in [0.15, 0.2) is 0 Å². The van der Waals surface area contributed by atoms with Crippen molar-refractivity contribution in [1.29, 1.82) is 0 Å². The Balaban J connectivity index is 2.02. The van der Waals surface area contributed by atoms with E-state index in [1.54, 1.807) is 0 Å². The lowest BCUT2D eigenvalue weighted by molar-refractivity contribution is 0.173. The molecular formula is C7H13N. The minimum atomic E-state index is 0.586. The third-order valence-corrected chi connectivity index (χ3v) is 2.84. The normalized spacial score (nSPS) is 52.9. The van der Waals surface area contributed by atoms with Crippen molar-refractivity contribution in [2.45, 2.75) is 31.7 Å². The van der Waals surface area contributed by atoms with Gasteiger partial charge < -0.3 is 5.73 Å². The van der Waals surface area contributed by atoms with Gasteiger partial charge >= 0.3 is 0 Å². The molecule has 0 saturated heterocycles. The average molecular weight is 111 g/mol. The van der Waals surface area contributed by atoms with Gasteiger partial charge in [0.05, 0.1) is 0 Å². The summed E-state index contributed by atoms with van der Waals surface area (Å²) in [5.41, 5.74) is 5.76. The molecular weight excluding hydrogens is 98.1 g/mol. The second-order valence-electron chi connectivity index (χ2n) is 3.25. The highest BCUT2D eigenvalue weighted by Crippen LogP contribution is 2.45. The van der Waals surface area contributed by atoms with Crippen LogP contribution in [0.5, 0.6) is 0 Å². The monoisotopic (exact) mass is 111 g/mol. The molecule has 0 amide bonds. The van der Waals surface area contributed by atoms with E-state index >= 15 is 0 Å². The molecule has 46 valence electrons. The van der Waals surface area contributed by atoms with Crippen LogP contribution in [-0.4, -0.2) is 6.04 Å². The van der Waals surface area contributed by atoms with Crippen LogP contribution in [0.25, 0.3) is 0 Å². The Morgan fingerprint density at radius 3 is 2.62 bits per heavy atom. The standard InChI is InChI=1S/C7H13N/c8-7-4-5-2-1-3-6(5)7/h5-7H,1-4,8H2/t5-,6?,7?/m1/s1. The van der Waals surface area contributed by atoms with Gasteiger partial charge in [0.2, 0.25) is 0 Å². The average Bonchev–Trinajstić information content (AvgIpc) is 2.09. The van der Waals surface area contributed by atoms with Gasteiger partial charge in [-0.3, -0.25) is 0 Å². The Labute approximate surface area is 50.3 Å². The SMILES string of the molecule is NC1C[C@H]2CCCC12. The molecule has 2 fully saturated rings. The predicted octanol–water partition coefficient (Wildman–Crippen LogP) is 1.13. The van der Waals surface area contributed by atoms with Crippen LogP contribution in [0.2, 0.25) is 0 Å². The van der Waals surface area contributed by atoms with E-state index in [2.05, 4.69) is 0 Å². The van der Waals surface area contributed by atoms with E-state index in [4.69, 9.17) is 5.73 Å². The van der Waals surface area contributed by atoms with Crippen LogP contribution in [-0.2, 0) is 0 Å². The van der Waals surface area contributed by atoms with E-state index in [1.165, 1.54) is 25.7 Å². The molecule has 0 heterocycles. The first-order valence-electron chi connectivity index (χ1n) is 3.63. The van der Waals surface area contributed by atoms with E-state index < -0.39 is 0 Å². The quantitative estimate of drug-likeness (QED) is 0.498. The zero-order chi connectivity index (χ0) is 5.56. The zero-order valence-electron chi connectivity index (χ0n) is 5.14. The summed E-state index contributed by atoms with van der Waals surface area (Å²) in [5.74, 6) is 1.99. The summed E-state index contributed by atoms with van der Waals surface area (Å²) in [6.45, 7) is 0. The molecule has 2 saturated carbocycles. The van der Waals surface area contributed by atoms with Crippen LogP contribution in [0, 0.1) is 11.8 Å². The number of hydrogen-bond acceptors (Lipinski definition) is 1. The van der Waals surface area contributed by atoms with Crippen molar-refractivity contribution in [2.75, 3.05) is 0 Å². The minimum absolute atomic E-state index is 0.586. The molecule has 0 radical (unpaired) electrons. The lowest BCUT2D eigenvalue weighted by Gasteiger charge is -2.37. The molecule has 0 spiro atoms. The van der Waals surface area contributed by atoms with Crippen LogP contribution in [0.15, 0.2) is 0 Å². The minimum Gasteiger partial charge on any atom is -0.327 e. The highest BCUT2D eigenvalue weighted by atomic mass is 14.7. The van der Waals surface area contributed by atoms with Gasteiger partial charge in [-0.05, 0) is 24.7 Å². The van der Waals surface area contributed by atoms with Crippen molar-refractivity contribution in [1.82, 2.24) is 0 Å². The van der Waals surface area contributed by atoms with E-state index in [0.717, 1.165) is 11.8 Å². The number of rotatable bonds is 0. The Kier molecular flexibility index (Phi) is 0.884. The fraction of sp³-hybridized carbons (Fsp3) is 1.00. The first-order valence-corrected chi connectivity index (χ1v) is 3.63. The van der Waals surface area contributed by atoms with Gasteiger partial charge in [-0.25, -0.2) is 0 Å². The van der Waals surface area contributed by atoms with Crippen molar-refractivity contribution in [3.05, 3.63) is 0 Å². The van der Waals surface area contributed by atoms with Gasteiger partial charge in [0.25, 0.3) is 0 Å². The zero-order valence-corrected chi connectivity index (χ0v) is 5.14. The summed E-state index contributed by atoms with van der Waals surface area (Å²) in [5, 5.41) is 0. The lowest BCUT2D eigenvalue weighted by atomic mass is 9.72. The molecule has 3 atom stereocenters. The molecule has 2 aliphatic rings. The molecule has 1 nitrogen and oxygen atoms in total. The second kappa shape index (κ2) is 1.47. The summed E-state index contributed by atoms with van der Waals surface area (Å²) in [4.78, 5) is 0. The summed E-state index contributed by atoms with van der Waals surface area (Å²) in [6.07, 6.45) is 5.66. The maximum Gasteiger partial charge on any atom is 0.00725 e. The van der Waals surface area contributed by atoms with Crippen LogP contribution in [0.3, 0.4) is 0 Å². The van der Waals surface area contributed by atoms with Crippen LogP contribution < -0.4 is 5.73 Å². The first kappa shape index (κ1) is 4.80. The Morgan fingerprint density at radius 1 is 1.25 bits per heavy atom. The van der Waals surface area contributed by atoms with Gasteiger partial charge in [0.1, 0.15) is 0 Å². The first-order chi connectivity index (χ1) is 3.88. The van der Waals surface area contributed by atoms with Crippen molar-refractivity contribution in [3.8, 4) is 0 Å². The highest BCUT2D eigenvalue weighted by molar-refractivity contribution is 4.95. The molecule has 2 aliphatic carbocycles. The summed E-state index contributed by atoms with van der Waals surface area (Å²) < 4.78 is 0. The van der Waals surface area contributed by atoms with Gasteiger partial charge in [0, 0.05) is 6.04 Å². The fourth-order valence-electron chi connectivity index (χ4n) is 2.25. The molecule has 0 bridgehead atoms. The maximum absolute atomic E-state index is 5.76. The predicted molar refractivity (Wildman–Crippen MR) is 33.4 cm³/mol. The highest BCUT2D eigenvalue weighted by Gasteiger charge is 2.41. The van der Waals surface area contributed by atoms with Crippen LogP contribution in [0.4, 0.5) is 0 Å². The summed E-state index contributed by atoms with van der Waals surface area (Å²) in [7, 11) is 0. The van der Waals surface area contributed by atoms with Crippen molar-refractivity contribution < 1.29 is 0 Å². The van der Waals surface area contributed by atoms with Gasteiger partial charge in [-0.15, -0.1) is 0 Å². The smallest absolute Gasteiger partial charge is 0.00725 e. The van der Waals surface area contributed by atoms with Crippen molar-refractivity contribution in [3.63, 3.8) is 0 Å². The molecule has 2 unspecified atom stereocenters. The fourth-order valence-corrected chi connectivity index (χ4v) is 2.25. The lowest BCUT2D eigenvalue weighted by Crippen LogP contribution is -2.44. The Hall–Kier alpha value is -0.0400. The topological polar surface area (TPSA) is 26.0 Å². The molecule has 1 heteroatoms. The van der Waals surface area contributed by atoms with E-state index in [0.29, 0.717) is 6.04 Å². The van der Waals surface area contributed by atoms with Crippen LogP contribution in [0.1, 0.15) is 25.7 Å². The van der Waals surface area contributed by atoms with Crippen LogP contribution >= 0.6 is 0 Å². The molecule has 0 aromatic carbocycles. The van der Waals surface area contributed by atoms with Gasteiger partial charge in [-0.2, -0.15) is 0 Å². The number of hydrogen-bond donors (Lipinski definition) is 1. The molecule has 2 N–H and O–H groups in total. The van der Waals surface area contributed by atoms with E-state index in [-0.39, 0.29) is 0 Å². The molecule has 0 aromatic rings. The number of fused-ring (bicyclic) bond motifs is 1. The Bertz CT molecular complexity index is 101. The second-order valence-corrected chi connectivity index (χ2v) is 3.25. The number of nitrogens with two attached hydrogens (primary N) is 1. The largest absolute Gasteiger partial charge is 0.327 e. The van der Waals surface area contributed by atoms with Gasteiger partial charge in [-0.1, -0.05) is 12.8 Å². The third kappa shape index (κ3) is 0.455. The molecule has 2 rings (SSSR count). The van der Waals surface area contributed by atoms with Crippen molar-refractivity contribution >= 4 is 0 Å². The van der Waals surface area contributed by atoms with E-state index in [1.807, 2.05) is 0 Å². The maximum atomic E-state index is 5.76. The molecule has 8 heavy (non-hydrogen) atoms.